The van der Waals surface area contributed by atoms with Crippen LogP contribution in [0.1, 0.15) is 32.6 Å². The predicted molar refractivity (Wildman–Crippen MR) is 68.5 cm³/mol. The zero-order valence-electron chi connectivity index (χ0n) is 11.2. The van der Waals surface area contributed by atoms with E-state index in [4.69, 9.17) is 0 Å². The number of carboxylic acid groups (broad SMARTS) is 1. The molecule has 1 unspecified atom stereocenters. The van der Waals surface area contributed by atoms with Gasteiger partial charge in [0.2, 0.25) is 0 Å². The maximum Gasteiger partial charge on any atom is 0.329 e. The first-order valence-electron chi connectivity index (χ1n) is 6.52. The zero-order chi connectivity index (χ0) is 13.6. The number of carbonyl (C=O) groups excluding carboxylic acids is 1. The topological polar surface area (TPSA) is 81.7 Å². The number of amides is 2. The van der Waals surface area contributed by atoms with Gasteiger partial charge in [-0.05, 0) is 39.3 Å². The molecular formula is C12H23N3O3. The molecule has 1 fully saturated rings. The molecule has 1 aliphatic rings. The molecule has 1 rings (SSSR count). The SMILES string of the molecule is CCC1(C(=O)O)CCCN1C(=O)NCCCNC. The van der Waals surface area contributed by atoms with E-state index >= 15 is 0 Å². The van der Waals surface area contributed by atoms with Gasteiger partial charge in [-0.3, -0.25) is 0 Å². The number of aliphatic carboxylic acids is 1. The van der Waals surface area contributed by atoms with Crippen LogP contribution < -0.4 is 10.6 Å². The molecule has 6 nitrogen and oxygen atoms in total. The lowest BCUT2D eigenvalue weighted by molar-refractivity contribution is -0.148. The standard InChI is InChI=1S/C12H23N3O3/c1-3-12(10(16)17)6-4-9-15(12)11(18)14-8-5-7-13-2/h13H,3-9H2,1-2H3,(H,14,18)(H,16,17). The van der Waals surface area contributed by atoms with Gasteiger partial charge >= 0.3 is 12.0 Å². The highest BCUT2D eigenvalue weighted by atomic mass is 16.4. The summed E-state index contributed by atoms with van der Waals surface area (Å²) < 4.78 is 0. The Balaban J connectivity index is 2.58. The minimum Gasteiger partial charge on any atom is -0.479 e. The molecule has 1 heterocycles. The molecule has 104 valence electrons. The summed E-state index contributed by atoms with van der Waals surface area (Å²) in [7, 11) is 1.86. The van der Waals surface area contributed by atoms with Crippen LogP contribution in [0.3, 0.4) is 0 Å². The minimum absolute atomic E-state index is 0.257. The average Bonchev–Trinajstić information content (AvgIpc) is 2.79. The third-order valence-electron chi connectivity index (χ3n) is 3.60. The Bertz CT molecular complexity index is 309. The Hall–Kier alpha value is -1.30. The summed E-state index contributed by atoms with van der Waals surface area (Å²) >= 11 is 0. The summed E-state index contributed by atoms with van der Waals surface area (Å²) in [6, 6.07) is -0.257. The third kappa shape index (κ3) is 2.93. The number of rotatable bonds is 6. The molecule has 0 spiro atoms. The van der Waals surface area contributed by atoms with Crippen molar-refractivity contribution < 1.29 is 14.7 Å². The monoisotopic (exact) mass is 257 g/mol. The summed E-state index contributed by atoms with van der Waals surface area (Å²) in [5, 5.41) is 15.1. The molecule has 0 aliphatic carbocycles. The summed E-state index contributed by atoms with van der Waals surface area (Å²) in [4.78, 5) is 24.9. The van der Waals surface area contributed by atoms with Gasteiger partial charge in [-0.15, -0.1) is 0 Å². The van der Waals surface area contributed by atoms with Crippen LogP contribution in [0, 0.1) is 0 Å². The fourth-order valence-electron chi connectivity index (χ4n) is 2.47. The number of nitrogens with one attached hydrogen (secondary N) is 2. The normalized spacial score (nSPS) is 23.1. The van der Waals surface area contributed by atoms with Gasteiger partial charge in [0.1, 0.15) is 5.54 Å². The van der Waals surface area contributed by atoms with Crippen LogP contribution in [-0.4, -0.2) is 54.2 Å². The second-order valence-electron chi connectivity index (χ2n) is 4.63. The average molecular weight is 257 g/mol. The quantitative estimate of drug-likeness (QED) is 0.610. The predicted octanol–water partition coefficient (Wildman–Crippen LogP) is 0.635. The second-order valence-corrected chi connectivity index (χ2v) is 4.63. The lowest BCUT2D eigenvalue weighted by Crippen LogP contribution is -2.55. The Labute approximate surface area is 108 Å². The van der Waals surface area contributed by atoms with Crippen LogP contribution in [-0.2, 0) is 4.79 Å². The van der Waals surface area contributed by atoms with Crippen molar-refractivity contribution in [2.24, 2.45) is 0 Å². The summed E-state index contributed by atoms with van der Waals surface area (Å²) in [5.74, 6) is -0.895. The molecule has 2 amide bonds. The molecule has 18 heavy (non-hydrogen) atoms. The van der Waals surface area contributed by atoms with E-state index in [2.05, 4.69) is 10.6 Å². The lowest BCUT2D eigenvalue weighted by atomic mass is 9.93. The number of nitrogens with zero attached hydrogens (tertiary/aromatic N) is 1. The van der Waals surface area contributed by atoms with Crippen LogP contribution in [0.25, 0.3) is 0 Å². The third-order valence-corrected chi connectivity index (χ3v) is 3.60. The molecule has 1 atom stereocenters. The van der Waals surface area contributed by atoms with E-state index in [-0.39, 0.29) is 6.03 Å². The smallest absolute Gasteiger partial charge is 0.329 e. The van der Waals surface area contributed by atoms with E-state index in [1.165, 1.54) is 4.90 Å². The van der Waals surface area contributed by atoms with Crippen LogP contribution in [0.2, 0.25) is 0 Å². The highest BCUT2D eigenvalue weighted by molar-refractivity contribution is 5.87. The van der Waals surface area contributed by atoms with Crippen molar-refractivity contribution in [3.63, 3.8) is 0 Å². The first-order valence-corrected chi connectivity index (χ1v) is 6.52. The number of urea groups is 1. The van der Waals surface area contributed by atoms with Gasteiger partial charge in [-0.25, -0.2) is 9.59 Å². The van der Waals surface area contributed by atoms with Gasteiger partial charge in [0, 0.05) is 13.1 Å². The van der Waals surface area contributed by atoms with E-state index in [1.807, 2.05) is 14.0 Å². The van der Waals surface area contributed by atoms with Crippen molar-refractivity contribution in [3.8, 4) is 0 Å². The number of carboxylic acids is 1. The molecule has 1 saturated heterocycles. The molecule has 0 aromatic carbocycles. The van der Waals surface area contributed by atoms with E-state index in [1.54, 1.807) is 0 Å². The van der Waals surface area contributed by atoms with E-state index in [0.29, 0.717) is 25.9 Å². The van der Waals surface area contributed by atoms with Gasteiger partial charge < -0.3 is 20.6 Å². The van der Waals surface area contributed by atoms with Gasteiger partial charge in [0.25, 0.3) is 0 Å². The molecule has 3 N–H and O–H groups in total. The second kappa shape index (κ2) is 6.58. The number of likely N-dealkylation sites (tertiary alicyclic amines) is 1. The first kappa shape index (κ1) is 14.8. The van der Waals surface area contributed by atoms with E-state index in [9.17, 15) is 14.7 Å². The molecule has 0 bridgehead atoms. The number of hydrogen-bond acceptors (Lipinski definition) is 3. The van der Waals surface area contributed by atoms with E-state index < -0.39 is 11.5 Å². The van der Waals surface area contributed by atoms with Crippen molar-refractivity contribution in [2.75, 3.05) is 26.7 Å². The number of carbonyl (C=O) groups is 2. The summed E-state index contributed by atoms with van der Waals surface area (Å²) in [5.41, 5.74) is -1.01. The Morgan fingerprint density at radius 3 is 2.67 bits per heavy atom. The Morgan fingerprint density at radius 2 is 2.11 bits per heavy atom. The van der Waals surface area contributed by atoms with Crippen molar-refractivity contribution >= 4 is 12.0 Å². The largest absolute Gasteiger partial charge is 0.479 e. The van der Waals surface area contributed by atoms with Gasteiger partial charge in [0.05, 0.1) is 0 Å². The number of hydrogen-bond donors (Lipinski definition) is 3. The van der Waals surface area contributed by atoms with Crippen LogP contribution in [0.15, 0.2) is 0 Å². The van der Waals surface area contributed by atoms with Crippen molar-refractivity contribution in [2.45, 2.75) is 38.1 Å². The first-order chi connectivity index (χ1) is 8.58. The highest BCUT2D eigenvalue weighted by Crippen LogP contribution is 2.32. The Kier molecular flexibility index (Phi) is 5.40. The summed E-state index contributed by atoms with van der Waals surface area (Å²) in [6.07, 6.45) is 2.58. The molecule has 0 aromatic heterocycles. The molecular weight excluding hydrogens is 234 g/mol. The molecule has 0 saturated carbocycles. The fourth-order valence-corrected chi connectivity index (χ4v) is 2.47. The fraction of sp³-hybridized carbons (Fsp3) is 0.833. The minimum atomic E-state index is -1.01. The van der Waals surface area contributed by atoms with E-state index in [0.717, 1.165) is 19.4 Å². The molecule has 6 heteroatoms. The van der Waals surface area contributed by atoms with Crippen LogP contribution in [0.4, 0.5) is 4.79 Å². The van der Waals surface area contributed by atoms with Gasteiger partial charge in [-0.1, -0.05) is 6.92 Å². The lowest BCUT2D eigenvalue weighted by Gasteiger charge is -2.33. The van der Waals surface area contributed by atoms with Crippen LogP contribution >= 0.6 is 0 Å². The van der Waals surface area contributed by atoms with Crippen molar-refractivity contribution in [1.82, 2.24) is 15.5 Å². The van der Waals surface area contributed by atoms with Crippen molar-refractivity contribution in [3.05, 3.63) is 0 Å². The highest BCUT2D eigenvalue weighted by Gasteiger charge is 2.48. The zero-order valence-corrected chi connectivity index (χ0v) is 11.2. The molecule has 0 radical (unpaired) electrons. The maximum absolute atomic E-state index is 12.0. The van der Waals surface area contributed by atoms with Gasteiger partial charge in [0.15, 0.2) is 0 Å². The maximum atomic E-state index is 12.0. The van der Waals surface area contributed by atoms with Gasteiger partial charge in [-0.2, -0.15) is 0 Å². The molecule has 1 aliphatic heterocycles. The van der Waals surface area contributed by atoms with Crippen LogP contribution in [0.5, 0.6) is 0 Å². The van der Waals surface area contributed by atoms with Crippen molar-refractivity contribution in [1.29, 1.82) is 0 Å². The summed E-state index contributed by atoms with van der Waals surface area (Å²) in [6.45, 7) is 3.74. The Morgan fingerprint density at radius 1 is 1.39 bits per heavy atom. The molecule has 0 aromatic rings.